The SMILES string of the molecule is COC1(c2ccc(C(CN)C(=O)O)cc2)CC1. The molecule has 0 saturated heterocycles. The normalized spacial score (nSPS) is 18.7. The van der Waals surface area contributed by atoms with Crippen LogP contribution in [0.3, 0.4) is 0 Å². The van der Waals surface area contributed by atoms with Gasteiger partial charge in [0.05, 0.1) is 11.5 Å². The summed E-state index contributed by atoms with van der Waals surface area (Å²) in [5, 5.41) is 9.01. The molecule has 0 heterocycles. The van der Waals surface area contributed by atoms with Crippen LogP contribution in [0.25, 0.3) is 0 Å². The second-order valence-corrected chi connectivity index (χ2v) is 4.45. The molecule has 0 bridgehead atoms. The second kappa shape index (κ2) is 4.47. The van der Waals surface area contributed by atoms with E-state index in [0.717, 1.165) is 24.0 Å². The van der Waals surface area contributed by atoms with Crippen molar-refractivity contribution in [2.75, 3.05) is 13.7 Å². The molecule has 0 amide bonds. The van der Waals surface area contributed by atoms with E-state index in [1.807, 2.05) is 24.3 Å². The van der Waals surface area contributed by atoms with Crippen LogP contribution in [0.2, 0.25) is 0 Å². The molecule has 4 heteroatoms. The van der Waals surface area contributed by atoms with Crippen LogP contribution in [0, 0.1) is 0 Å². The van der Waals surface area contributed by atoms with Gasteiger partial charge >= 0.3 is 5.97 Å². The van der Waals surface area contributed by atoms with E-state index in [2.05, 4.69) is 0 Å². The molecule has 1 aliphatic rings. The van der Waals surface area contributed by atoms with Crippen molar-refractivity contribution in [2.45, 2.75) is 24.4 Å². The van der Waals surface area contributed by atoms with Gasteiger partial charge in [0.2, 0.25) is 0 Å². The zero-order valence-corrected chi connectivity index (χ0v) is 9.85. The maximum absolute atomic E-state index is 11.0. The van der Waals surface area contributed by atoms with Crippen LogP contribution in [-0.2, 0) is 15.1 Å². The highest BCUT2D eigenvalue weighted by molar-refractivity contribution is 5.76. The maximum atomic E-state index is 11.0. The van der Waals surface area contributed by atoms with Crippen molar-refractivity contribution in [2.24, 2.45) is 5.73 Å². The molecule has 0 radical (unpaired) electrons. The monoisotopic (exact) mass is 235 g/mol. The van der Waals surface area contributed by atoms with Gasteiger partial charge in [-0.1, -0.05) is 24.3 Å². The summed E-state index contributed by atoms with van der Waals surface area (Å²) in [5.74, 6) is -1.50. The van der Waals surface area contributed by atoms with E-state index < -0.39 is 11.9 Å². The largest absolute Gasteiger partial charge is 0.481 e. The number of methoxy groups -OCH3 is 1. The van der Waals surface area contributed by atoms with Gasteiger partial charge in [0.25, 0.3) is 0 Å². The molecule has 0 spiro atoms. The summed E-state index contributed by atoms with van der Waals surface area (Å²) >= 11 is 0. The molecule has 1 aliphatic carbocycles. The lowest BCUT2D eigenvalue weighted by Gasteiger charge is -2.15. The molecule has 3 N–H and O–H groups in total. The first-order valence-corrected chi connectivity index (χ1v) is 5.71. The molecule has 0 aromatic heterocycles. The van der Waals surface area contributed by atoms with E-state index >= 15 is 0 Å². The van der Waals surface area contributed by atoms with Gasteiger partial charge in [0, 0.05) is 13.7 Å². The number of ether oxygens (including phenoxy) is 1. The van der Waals surface area contributed by atoms with Crippen molar-refractivity contribution < 1.29 is 14.6 Å². The summed E-state index contributed by atoms with van der Waals surface area (Å²) in [6, 6.07) is 7.55. The van der Waals surface area contributed by atoms with Gasteiger partial charge in [-0.15, -0.1) is 0 Å². The molecule has 4 nitrogen and oxygen atoms in total. The highest BCUT2D eigenvalue weighted by atomic mass is 16.5. The molecule has 1 fully saturated rings. The number of hydrogen-bond acceptors (Lipinski definition) is 3. The average molecular weight is 235 g/mol. The standard InChI is InChI=1S/C13H17NO3/c1-17-13(6-7-13)10-4-2-9(3-5-10)11(8-14)12(15)16/h2-5,11H,6-8,14H2,1H3,(H,15,16). The predicted octanol–water partition coefficient (Wildman–Crippen LogP) is 1.45. The minimum atomic E-state index is -0.881. The lowest BCUT2D eigenvalue weighted by atomic mass is 9.96. The number of nitrogens with two attached hydrogens (primary N) is 1. The fraction of sp³-hybridized carbons (Fsp3) is 0.462. The maximum Gasteiger partial charge on any atom is 0.312 e. The number of carboxylic acids is 1. The first kappa shape index (κ1) is 12.1. The summed E-state index contributed by atoms with van der Waals surface area (Å²) in [6.07, 6.45) is 2.06. The van der Waals surface area contributed by atoms with Crippen molar-refractivity contribution in [3.8, 4) is 0 Å². The molecular formula is C13H17NO3. The van der Waals surface area contributed by atoms with Gasteiger partial charge < -0.3 is 15.6 Å². The molecule has 1 atom stereocenters. The van der Waals surface area contributed by atoms with E-state index in [0.29, 0.717) is 0 Å². The van der Waals surface area contributed by atoms with E-state index in [1.165, 1.54) is 0 Å². The van der Waals surface area contributed by atoms with Gasteiger partial charge in [-0.2, -0.15) is 0 Å². The Kier molecular flexibility index (Phi) is 3.17. The smallest absolute Gasteiger partial charge is 0.312 e. The molecule has 0 aliphatic heterocycles. The molecule has 2 rings (SSSR count). The Balaban J connectivity index is 2.21. The molecular weight excluding hydrogens is 218 g/mol. The molecule has 92 valence electrons. The summed E-state index contributed by atoms with van der Waals surface area (Å²) in [5.41, 5.74) is 7.20. The molecule has 1 aromatic rings. The lowest BCUT2D eigenvalue weighted by molar-refractivity contribution is -0.138. The molecule has 17 heavy (non-hydrogen) atoms. The Morgan fingerprint density at radius 3 is 2.41 bits per heavy atom. The number of rotatable bonds is 5. The summed E-state index contributed by atoms with van der Waals surface area (Å²) in [6.45, 7) is 0.115. The quantitative estimate of drug-likeness (QED) is 0.810. The summed E-state index contributed by atoms with van der Waals surface area (Å²) < 4.78 is 5.47. The van der Waals surface area contributed by atoms with Crippen LogP contribution in [0.4, 0.5) is 0 Å². The molecule has 1 saturated carbocycles. The molecule has 1 aromatic carbocycles. The Hall–Kier alpha value is -1.39. The first-order chi connectivity index (χ1) is 8.13. The van der Waals surface area contributed by atoms with Gasteiger partial charge in [-0.25, -0.2) is 0 Å². The lowest BCUT2D eigenvalue weighted by Crippen LogP contribution is -2.21. The average Bonchev–Trinajstić information content (AvgIpc) is 3.11. The Morgan fingerprint density at radius 1 is 1.47 bits per heavy atom. The van der Waals surface area contributed by atoms with Crippen LogP contribution in [0.15, 0.2) is 24.3 Å². The van der Waals surface area contributed by atoms with Crippen LogP contribution in [0.1, 0.15) is 29.9 Å². The topological polar surface area (TPSA) is 72.5 Å². The van der Waals surface area contributed by atoms with Gasteiger partial charge in [0.15, 0.2) is 0 Å². The van der Waals surface area contributed by atoms with Gasteiger partial charge in [0.1, 0.15) is 0 Å². The third kappa shape index (κ3) is 2.18. The number of carbonyl (C=O) groups is 1. The first-order valence-electron chi connectivity index (χ1n) is 5.71. The Labute approximate surface area is 100 Å². The van der Waals surface area contributed by atoms with Gasteiger partial charge in [-0.05, 0) is 24.0 Å². The number of benzene rings is 1. The highest BCUT2D eigenvalue weighted by Gasteiger charge is 2.44. The third-order valence-corrected chi connectivity index (χ3v) is 3.47. The van der Waals surface area contributed by atoms with Crippen LogP contribution in [-0.4, -0.2) is 24.7 Å². The summed E-state index contributed by atoms with van der Waals surface area (Å²) in [7, 11) is 1.71. The second-order valence-electron chi connectivity index (χ2n) is 4.45. The van der Waals surface area contributed by atoms with Gasteiger partial charge in [-0.3, -0.25) is 4.79 Å². The molecule has 1 unspecified atom stereocenters. The Bertz CT molecular complexity index is 409. The minimum absolute atomic E-state index is 0.115. The predicted molar refractivity (Wildman–Crippen MR) is 63.8 cm³/mol. The fourth-order valence-electron chi connectivity index (χ4n) is 2.12. The van der Waals surface area contributed by atoms with Crippen molar-refractivity contribution >= 4 is 5.97 Å². The number of carboxylic acid groups (broad SMARTS) is 1. The summed E-state index contributed by atoms with van der Waals surface area (Å²) in [4.78, 5) is 11.0. The van der Waals surface area contributed by atoms with E-state index in [4.69, 9.17) is 15.6 Å². The van der Waals surface area contributed by atoms with Crippen LogP contribution >= 0.6 is 0 Å². The fourth-order valence-corrected chi connectivity index (χ4v) is 2.12. The van der Waals surface area contributed by atoms with E-state index in [9.17, 15) is 4.79 Å². The van der Waals surface area contributed by atoms with E-state index in [-0.39, 0.29) is 12.1 Å². The minimum Gasteiger partial charge on any atom is -0.481 e. The number of aliphatic carboxylic acids is 1. The number of hydrogen-bond donors (Lipinski definition) is 2. The zero-order valence-electron chi connectivity index (χ0n) is 9.85. The zero-order chi connectivity index (χ0) is 12.5. The van der Waals surface area contributed by atoms with E-state index in [1.54, 1.807) is 7.11 Å². The highest BCUT2D eigenvalue weighted by Crippen LogP contribution is 2.48. The Morgan fingerprint density at radius 2 is 2.06 bits per heavy atom. The third-order valence-electron chi connectivity index (χ3n) is 3.47. The van der Waals surface area contributed by atoms with Crippen molar-refractivity contribution in [3.63, 3.8) is 0 Å². The van der Waals surface area contributed by atoms with Crippen molar-refractivity contribution in [3.05, 3.63) is 35.4 Å². The van der Waals surface area contributed by atoms with Crippen molar-refractivity contribution in [1.82, 2.24) is 0 Å². The van der Waals surface area contributed by atoms with Crippen LogP contribution in [0.5, 0.6) is 0 Å². The van der Waals surface area contributed by atoms with Crippen molar-refractivity contribution in [1.29, 1.82) is 0 Å². The van der Waals surface area contributed by atoms with Crippen LogP contribution < -0.4 is 5.73 Å².